The van der Waals surface area contributed by atoms with Crippen LogP contribution < -0.4 is 0 Å². The minimum Gasteiger partial charge on any atom is -0.292 e. The van der Waals surface area contributed by atoms with Gasteiger partial charge < -0.3 is 0 Å². The van der Waals surface area contributed by atoms with Gasteiger partial charge in [-0.25, -0.2) is 9.97 Å². The number of para-hydroxylation sites is 1. The van der Waals surface area contributed by atoms with E-state index in [1.807, 2.05) is 0 Å². The Balaban J connectivity index is 1.19. The van der Waals surface area contributed by atoms with Crippen LogP contribution in [0.2, 0.25) is 0 Å². The topological polar surface area (TPSA) is 30.7 Å². The maximum absolute atomic E-state index is 5.78. The Bertz CT molecular complexity index is 3220. The van der Waals surface area contributed by atoms with Crippen LogP contribution in [0.25, 0.3) is 72.0 Å². The Hall–Kier alpha value is -7.10. The van der Waals surface area contributed by atoms with Crippen molar-refractivity contribution in [2.24, 2.45) is 0 Å². The van der Waals surface area contributed by atoms with E-state index in [4.69, 9.17) is 9.97 Å². The van der Waals surface area contributed by atoms with E-state index >= 15 is 0 Å². The van der Waals surface area contributed by atoms with Gasteiger partial charge in [0.05, 0.1) is 27.8 Å². The number of nitrogens with zero attached hydrogens (tertiary/aromatic N) is 3. The van der Waals surface area contributed by atoms with Gasteiger partial charge in [0.2, 0.25) is 0 Å². The van der Waals surface area contributed by atoms with Gasteiger partial charge in [0.15, 0.2) is 5.82 Å². The summed E-state index contributed by atoms with van der Waals surface area (Å²) in [5.74, 6) is 0.847. The lowest BCUT2D eigenvalue weighted by atomic mass is 9.67. The lowest BCUT2D eigenvalue weighted by molar-refractivity contribution is 0.633. The summed E-state index contributed by atoms with van der Waals surface area (Å²) in [6.45, 7) is 4.57. The molecule has 268 valence electrons. The number of fused-ring (bicyclic) bond motifs is 10. The molecule has 10 aromatic rings. The van der Waals surface area contributed by atoms with Gasteiger partial charge in [-0.2, -0.15) is 0 Å². The maximum atomic E-state index is 5.78. The fourth-order valence-electron chi connectivity index (χ4n) is 10.2. The molecule has 0 amide bonds. The highest BCUT2D eigenvalue weighted by Gasteiger charge is 2.46. The Morgan fingerprint density at radius 1 is 0.421 bits per heavy atom. The lowest BCUT2D eigenvalue weighted by Crippen LogP contribution is -2.28. The van der Waals surface area contributed by atoms with Crippen LogP contribution in [0.15, 0.2) is 188 Å². The molecule has 0 bridgehead atoms. The van der Waals surface area contributed by atoms with Crippen molar-refractivity contribution < 1.29 is 0 Å². The molecule has 2 heterocycles. The van der Waals surface area contributed by atoms with Crippen molar-refractivity contribution in [2.75, 3.05) is 0 Å². The van der Waals surface area contributed by atoms with Crippen LogP contribution >= 0.6 is 0 Å². The SMILES string of the molecule is CC1(C)c2ccccc2-c2nc(-c3ccc4c(c3)-c3ccccc3C4(c3ccccc3)c3ccccc3)c(-n3c4ccccc4c4cc5ccccc5cc43)nc21. The Labute approximate surface area is 331 Å². The minimum absolute atomic E-state index is 0.320. The van der Waals surface area contributed by atoms with E-state index < -0.39 is 5.41 Å². The molecule has 0 saturated carbocycles. The fourth-order valence-corrected chi connectivity index (χ4v) is 10.2. The highest BCUT2D eigenvalue weighted by molar-refractivity contribution is 6.14. The summed E-state index contributed by atoms with van der Waals surface area (Å²) in [5.41, 5.74) is 15.3. The predicted molar refractivity (Wildman–Crippen MR) is 234 cm³/mol. The monoisotopic (exact) mass is 727 g/mol. The van der Waals surface area contributed by atoms with Crippen LogP contribution in [-0.2, 0) is 10.8 Å². The summed E-state index contributed by atoms with van der Waals surface area (Å²) >= 11 is 0. The summed E-state index contributed by atoms with van der Waals surface area (Å²) < 4.78 is 2.37. The Morgan fingerprint density at radius 2 is 1.02 bits per heavy atom. The molecule has 0 aliphatic heterocycles. The van der Waals surface area contributed by atoms with Crippen molar-refractivity contribution in [1.29, 1.82) is 0 Å². The van der Waals surface area contributed by atoms with Gasteiger partial charge in [0.1, 0.15) is 5.69 Å². The molecule has 0 spiro atoms. The first-order valence-corrected chi connectivity index (χ1v) is 19.8. The lowest BCUT2D eigenvalue weighted by Gasteiger charge is -2.33. The van der Waals surface area contributed by atoms with E-state index in [2.05, 4.69) is 206 Å². The highest BCUT2D eigenvalue weighted by atomic mass is 15.1. The van der Waals surface area contributed by atoms with Crippen LogP contribution in [-0.4, -0.2) is 14.5 Å². The second-order valence-corrected chi connectivity index (χ2v) is 16.1. The number of benzene rings is 8. The molecule has 0 atom stereocenters. The molecule has 0 saturated heterocycles. The van der Waals surface area contributed by atoms with Crippen molar-refractivity contribution >= 4 is 32.6 Å². The maximum Gasteiger partial charge on any atom is 0.164 e. The van der Waals surface area contributed by atoms with Gasteiger partial charge in [-0.1, -0.05) is 178 Å². The van der Waals surface area contributed by atoms with Gasteiger partial charge >= 0.3 is 0 Å². The molecule has 0 unspecified atom stereocenters. The molecular weight excluding hydrogens is 691 g/mol. The summed E-state index contributed by atoms with van der Waals surface area (Å²) in [6, 6.07) is 68.7. The first-order valence-electron chi connectivity index (χ1n) is 19.8. The third-order valence-corrected chi connectivity index (χ3v) is 12.8. The Kier molecular flexibility index (Phi) is 6.61. The van der Waals surface area contributed by atoms with E-state index in [1.54, 1.807) is 0 Å². The first kappa shape index (κ1) is 32.2. The largest absolute Gasteiger partial charge is 0.292 e. The second kappa shape index (κ2) is 11.7. The van der Waals surface area contributed by atoms with Gasteiger partial charge in [-0.15, -0.1) is 0 Å². The molecule has 3 nitrogen and oxygen atoms in total. The molecule has 3 heteroatoms. The zero-order valence-corrected chi connectivity index (χ0v) is 31.7. The summed E-state index contributed by atoms with van der Waals surface area (Å²) in [5, 5.41) is 4.83. The van der Waals surface area contributed by atoms with E-state index in [9.17, 15) is 0 Å². The number of hydrogen-bond donors (Lipinski definition) is 0. The quantitative estimate of drug-likeness (QED) is 0.181. The molecule has 0 N–H and O–H groups in total. The second-order valence-electron chi connectivity index (χ2n) is 16.1. The molecule has 8 aromatic carbocycles. The normalized spacial score (nSPS) is 14.4. The third kappa shape index (κ3) is 4.31. The van der Waals surface area contributed by atoms with Crippen LogP contribution in [0.1, 0.15) is 47.4 Å². The van der Waals surface area contributed by atoms with E-state index in [0.29, 0.717) is 0 Å². The third-order valence-electron chi connectivity index (χ3n) is 12.8. The van der Waals surface area contributed by atoms with E-state index in [1.165, 1.54) is 60.5 Å². The molecule has 2 aliphatic rings. The molecule has 57 heavy (non-hydrogen) atoms. The summed E-state index contributed by atoms with van der Waals surface area (Å²) in [4.78, 5) is 11.5. The van der Waals surface area contributed by atoms with Crippen molar-refractivity contribution in [3.05, 3.63) is 222 Å². The van der Waals surface area contributed by atoms with Crippen LogP contribution in [0.4, 0.5) is 0 Å². The smallest absolute Gasteiger partial charge is 0.164 e. The highest BCUT2D eigenvalue weighted by Crippen LogP contribution is 2.57. The zero-order chi connectivity index (χ0) is 37.9. The van der Waals surface area contributed by atoms with Crippen LogP contribution in [0.3, 0.4) is 0 Å². The van der Waals surface area contributed by atoms with Gasteiger partial charge in [0, 0.05) is 27.3 Å². The summed E-state index contributed by atoms with van der Waals surface area (Å²) in [7, 11) is 0. The minimum atomic E-state index is -0.476. The summed E-state index contributed by atoms with van der Waals surface area (Å²) in [6.07, 6.45) is 0. The van der Waals surface area contributed by atoms with Crippen molar-refractivity contribution in [3.8, 4) is 39.5 Å². The van der Waals surface area contributed by atoms with E-state index in [-0.39, 0.29) is 5.41 Å². The van der Waals surface area contributed by atoms with Crippen molar-refractivity contribution in [2.45, 2.75) is 24.7 Å². The number of aromatic nitrogens is 3. The van der Waals surface area contributed by atoms with Gasteiger partial charge in [0.25, 0.3) is 0 Å². The van der Waals surface area contributed by atoms with Crippen LogP contribution in [0, 0.1) is 0 Å². The van der Waals surface area contributed by atoms with E-state index in [0.717, 1.165) is 45.1 Å². The molecule has 0 fully saturated rings. The van der Waals surface area contributed by atoms with Gasteiger partial charge in [-0.05, 0) is 74.0 Å². The van der Waals surface area contributed by atoms with Gasteiger partial charge in [-0.3, -0.25) is 4.57 Å². The molecule has 2 aromatic heterocycles. The zero-order valence-electron chi connectivity index (χ0n) is 31.7. The standard InChI is InChI=1S/C54H37N3/c1-53(2)44-26-14-12-25-41(44)50-51(53)56-52(57-47-28-16-13-24-40(47)43-31-34-17-9-10-18-35(34)33-48(43)57)49(55-50)36-29-30-46-42(32-36)39-23-11-15-27-45(39)54(46,37-19-5-3-6-20-37)38-21-7-4-8-22-38/h3-33H,1-2H3. The molecule has 0 radical (unpaired) electrons. The molecule has 12 rings (SSSR count). The van der Waals surface area contributed by atoms with Crippen molar-refractivity contribution in [1.82, 2.24) is 14.5 Å². The van der Waals surface area contributed by atoms with Crippen molar-refractivity contribution in [3.63, 3.8) is 0 Å². The average molecular weight is 728 g/mol. The molecular formula is C54H37N3. The molecule has 2 aliphatic carbocycles. The first-order chi connectivity index (χ1) is 28.0. The number of hydrogen-bond acceptors (Lipinski definition) is 2. The average Bonchev–Trinajstić information content (AvgIpc) is 3.83. The Morgan fingerprint density at radius 3 is 1.77 bits per heavy atom. The fraction of sp³-hybridized carbons (Fsp3) is 0.0741. The van der Waals surface area contributed by atoms with Crippen LogP contribution in [0.5, 0.6) is 0 Å². The predicted octanol–water partition coefficient (Wildman–Crippen LogP) is 13.1. The number of rotatable bonds is 4.